The molecule has 0 radical (unpaired) electrons. The van der Waals surface area contributed by atoms with Crippen LogP contribution in [0.5, 0.6) is 0 Å². The van der Waals surface area contributed by atoms with E-state index in [0.717, 1.165) is 11.5 Å². The third-order valence-corrected chi connectivity index (χ3v) is 4.39. The number of pyridine rings is 1. The van der Waals surface area contributed by atoms with E-state index < -0.39 is 10.0 Å². The molecule has 0 aliphatic rings. The zero-order valence-electron chi connectivity index (χ0n) is 13.3. The molecular weight excluding hydrogens is 316 g/mol. The molecule has 0 unspecified atom stereocenters. The van der Waals surface area contributed by atoms with E-state index in [1.54, 1.807) is 6.07 Å². The van der Waals surface area contributed by atoms with Crippen molar-refractivity contribution < 1.29 is 8.42 Å². The van der Waals surface area contributed by atoms with Crippen LogP contribution in [0.3, 0.4) is 0 Å². The first kappa shape index (κ1) is 17.1. The van der Waals surface area contributed by atoms with E-state index in [-0.39, 0.29) is 11.4 Å². The number of nitrogens with zero attached hydrogens (tertiary/aromatic N) is 4. The summed E-state index contributed by atoms with van der Waals surface area (Å²) in [6.07, 6.45) is 2.83. The largest absolute Gasteiger partial charge is 0.363 e. The minimum absolute atomic E-state index is 0.140. The van der Waals surface area contributed by atoms with Crippen molar-refractivity contribution in [2.24, 2.45) is 0 Å². The highest BCUT2D eigenvalue weighted by Crippen LogP contribution is 2.11. The normalized spacial score (nSPS) is 11.3. The summed E-state index contributed by atoms with van der Waals surface area (Å²) >= 11 is 0. The van der Waals surface area contributed by atoms with Gasteiger partial charge in [-0.05, 0) is 19.1 Å². The van der Waals surface area contributed by atoms with E-state index in [2.05, 4.69) is 25.0 Å². The summed E-state index contributed by atoms with van der Waals surface area (Å²) < 4.78 is 26.5. The van der Waals surface area contributed by atoms with Gasteiger partial charge < -0.3 is 10.2 Å². The molecule has 0 amide bonds. The van der Waals surface area contributed by atoms with Gasteiger partial charge in [0.15, 0.2) is 0 Å². The zero-order chi connectivity index (χ0) is 16.9. The van der Waals surface area contributed by atoms with Gasteiger partial charge in [-0.3, -0.25) is 4.98 Å². The lowest BCUT2D eigenvalue weighted by Gasteiger charge is -2.14. The van der Waals surface area contributed by atoms with E-state index in [9.17, 15) is 8.42 Å². The van der Waals surface area contributed by atoms with Gasteiger partial charge in [0.2, 0.25) is 16.0 Å². The topological polar surface area (TPSA) is 100 Å². The summed E-state index contributed by atoms with van der Waals surface area (Å²) in [5.74, 6) is 1.25. The van der Waals surface area contributed by atoms with Gasteiger partial charge in [0.25, 0.3) is 0 Å². The van der Waals surface area contributed by atoms with Crippen molar-refractivity contribution in [3.63, 3.8) is 0 Å². The highest BCUT2D eigenvalue weighted by molar-refractivity contribution is 7.89. The van der Waals surface area contributed by atoms with E-state index in [4.69, 9.17) is 0 Å². The molecule has 23 heavy (non-hydrogen) atoms. The van der Waals surface area contributed by atoms with E-state index in [1.165, 1.54) is 18.5 Å². The first-order valence-corrected chi connectivity index (χ1v) is 8.53. The second-order valence-electron chi connectivity index (χ2n) is 5.10. The molecule has 2 rings (SSSR count). The first-order valence-electron chi connectivity index (χ1n) is 7.05. The molecule has 0 atom stereocenters. The van der Waals surface area contributed by atoms with E-state index in [1.807, 2.05) is 32.0 Å². The van der Waals surface area contributed by atoms with Gasteiger partial charge in [0.1, 0.15) is 10.7 Å². The summed E-state index contributed by atoms with van der Waals surface area (Å²) in [7, 11) is 0.247. The Hall–Kier alpha value is -2.26. The Labute approximate surface area is 136 Å². The average molecular weight is 336 g/mol. The minimum Gasteiger partial charge on any atom is -0.363 e. The fraction of sp³-hybridized carbons (Fsp3) is 0.357. The predicted molar refractivity (Wildman–Crippen MR) is 89.0 cm³/mol. The van der Waals surface area contributed by atoms with Crippen LogP contribution >= 0.6 is 0 Å². The standard InChI is InChI=1S/C14H20N6O2S/c1-11-9-13(20(2)3)19-14(18-11)16-7-8-17-23(21,22)12-5-4-6-15-10-12/h4-6,9-10,17H,7-8H2,1-3H3,(H,16,18,19). The molecule has 0 saturated carbocycles. The molecule has 2 aromatic heterocycles. The summed E-state index contributed by atoms with van der Waals surface area (Å²) in [5, 5.41) is 3.01. The van der Waals surface area contributed by atoms with Crippen LogP contribution in [-0.4, -0.2) is 50.6 Å². The first-order chi connectivity index (χ1) is 10.9. The van der Waals surface area contributed by atoms with Crippen molar-refractivity contribution >= 4 is 21.8 Å². The monoisotopic (exact) mass is 336 g/mol. The number of aromatic nitrogens is 3. The molecule has 0 saturated heterocycles. The second-order valence-corrected chi connectivity index (χ2v) is 6.87. The van der Waals surface area contributed by atoms with Crippen LogP contribution in [0.1, 0.15) is 5.69 Å². The number of rotatable bonds is 7. The van der Waals surface area contributed by atoms with Gasteiger partial charge in [-0.2, -0.15) is 4.98 Å². The number of hydrogen-bond acceptors (Lipinski definition) is 7. The SMILES string of the molecule is Cc1cc(N(C)C)nc(NCCNS(=O)(=O)c2cccnc2)n1. The average Bonchev–Trinajstić information content (AvgIpc) is 2.52. The van der Waals surface area contributed by atoms with Crippen LogP contribution < -0.4 is 14.9 Å². The van der Waals surface area contributed by atoms with Gasteiger partial charge >= 0.3 is 0 Å². The highest BCUT2D eigenvalue weighted by atomic mass is 32.2. The molecule has 0 aliphatic heterocycles. The summed E-state index contributed by atoms with van der Waals surface area (Å²) in [6, 6.07) is 4.95. The van der Waals surface area contributed by atoms with Gasteiger partial charge in [0, 0.05) is 51.3 Å². The number of nitrogens with one attached hydrogen (secondary N) is 2. The van der Waals surface area contributed by atoms with Crippen molar-refractivity contribution in [2.75, 3.05) is 37.4 Å². The smallest absolute Gasteiger partial charge is 0.242 e. The molecule has 0 fully saturated rings. The molecular formula is C14H20N6O2S. The molecule has 2 N–H and O–H groups in total. The van der Waals surface area contributed by atoms with Crippen molar-refractivity contribution in [2.45, 2.75) is 11.8 Å². The predicted octanol–water partition coefficient (Wildman–Crippen LogP) is 0.636. The van der Waals surface area contributed by atoms with Crippen LogP contribution in [0.25, 0.3) is 0 Å². The number of anilines is 2. The maximum absolute atomic E-state index is 12.0. The van der Waals surface area contributed by atoms with Gasteiger partial charge in [-0.25, -0.2) is 18.1 Å². The lowest BCUT2D eigenvalue weighted by molar-refractivity contribution is 0.582. The van der Waals surface area contributed by atoms with Crippen molar-refractivity contribution in [3.8, 4) is 0 Å². The van der Waals surface area contributed by atoms with Crippen molar-refractivity contribution in [1.82, 2.24) is 19.7 Å². The van der Waals surface area contributed by atoms with Crippen molar-refractivity contribution in [3.05, 3.63) is 36.3 Å². The van der Waals surface area contributed by atoms with Crippen LogP contribution in [0.4, 0.5) is 11.8 Å². The Morgan fingerprint density at radius 3 is 2.65 bits per heavy atom. The molecule has 2 aromatic rings. The fourth-order valence-corrected chi connectivity index (χ4v) is 2.80. The fourth-order valence-electron chi connectivity index (χ4n) is 1.81. The molecule has 124 valence electrons. The molecule has 0 bridgehead atoms. The Morgan fingerprint density at radius 2 is 2.00 bits per heavy atom. The summed E-state index contributed by atoms with van der Waals surface area (Å²) in [6.45, 7) is 2.46. The quantitative estimate of drug-likeness (QED) is 0.716. The van der Waals surface area contributed by atoms with Gasteiger partial charge in [-0.15, -0.1) is 0 Å². The van der Waals surface area contributed by atoms with E-state index in [0.29, 0.717) is 12.5 Å². The maximum Gasteiger partial charge on any atom is 0.242 e. The van der Waals surface area contributed by atoms with Gasteiger partial charge in [-0.1, -0.05) is 0 Å². The lowest BCUT2D eigenvalue weighted by Crippen LogP contribution is -2.29. The summed E-state index contributed by atoms with van der Waals surface area (Å²) in [5.41, 5.74) is 0.835. The van der Waals surface area contributed by atoms with Gasteiger partial charge in [0.05, 0.1) is 0 Å². The van der Waals surface area contributed by atoms with E-state index >= 15 is 0 Å². The molecule has 2 heterocycles. The Morgan fingerprint density at radius 1 is 1.22 bits per heavy atom. The van der Waals surface area contributed by atoms with Crippen LogP contribution in [0, 0.1) is 6.92 Å². The molecule has 0 spiro atoms. The molecule has 8 nitrogen and oxygen atoms in total. The molecule has 9 heteroatoms. The van der Waals surface area contributed by atoms with Crippen LogP contribution in [0.2, 0.25) is 0 Å². The Kier molecular flexibility index (Phi) is 5.45. The third kappa shape index (κ3) is 4.86. The lowest BCUT2D eigenvalue weighted by atomic mass is 10.4. The van der Waals surface area contributed by atoms with Crippen LogP contribution in [-0.2, 0) is 10.0 Å². The maximum atomic E-state index is 12.0. The zero-order valence-corrected chi connectivity index (χ0v) is 14.1. The molecule has 0 aromatic carbocycles. The number of sulfonamides is 1. The molecule has 0 aliphatic carbocycles. The highest BCUT2D eigenvalue weighted by Gasteiger charge is 2.12. The number of aryl methyl sites for hydroxylation is 1. The minimum atomic E-state index is -3.55. The third-order valence-electron chi connectivity index (χ3n) is 2.94. The van der Waals surface area contributed by atoms with Crippen LogP contribution in [0.15, 0.2) is 35.5 Å². The Balaban J connectivity index is 1.91. The summed E-state index contributed by atoms with van der Waals surface area (Å²) in [4.78, 5) is 14.4. The van der Waals surface area contributed by atoms with Crippen molar-refractivity contribution in [1.29, 1.82) is 0 Å². The number of hydrogen-bond donors (Lipinski definition) is 2. The second kappa shape index (κ2) is 7.34. The Bertz CT molecular complexity index is 749.